The van der Waals surface area contributed by atoms with Crippen molar-refractivity contribution in [2.45, 2.75) is 18.5 Å². The van der Waals surface area contributed by atoms with E-state index in [9.17, 15) is 14.0 Å². The number of nitrogens with one attached hydrogen (secondary N) is 1. The molecule has 4 aromatic rings. The molecule has 0 saturated heterocycles. The lowest BCUT2D eigenvalue weighted by atomic mass is 10.1. The van der Waals surface area contributed by atoms with E-state index in [1.807, 2.05) is 31.2 Å². The fourth-order valence-electron chi connectivity index (χ4n) is 3.06. The number of amides is 1. The van der Waals surface area contributed by atoms with E-state index in [1.165, 1.54) is 45.1 Å². The van der Waals surface area contributed by atoms with Gasteiger partial charge >= 0.3 is 5.56 Å². The van der Waals surface area contributed by atoms with Gasteiger partial charge in [0.05, 0.1) is 11.4 Å². The maximum atomic E-state index is 13.5. The largest absolute Gasteiger partial charge is 0.325 e. The van der Waals surface area contributed by atoms with Gasteiger partial charge in [-0.3, -0.25) is 18.6 Å². The third-order valence-corrected chi connectivity index (χ3v) is 5.47. The summed E-state index contributed by atoms with van der Waals surface area (Å²) in [4.78, 5) is 25.1. The minimum atomic E-state index is -0.437. The Kier molecular flexibility index (Phi) is 5.62. The van der Waals surface area contributed by atoms with Crippen molar-refractivity contribution in [1.82, 2.24) is 19.2 Å². The van der Waals surface area contributed by atoms with Crippen molar-refractivity contribution in [3.05, 3.63) is 82.7 Å². The fraction of sp³-hybridized carbons (Fsp3) is 0.143. The molecule has 0 saturated carbocycles. The highest BCUT2D eigenvalue weighted by Crippen LogP contribution is 2.19. The molecule has 0 fully saturated rings. The number of carbonyl (C=O) groups is 1. The van der Waals surface area contributed by atoms with Gasteiger partial charge in [0, 0.05) is 18.1 Å². The number of hydrogen-bond acceptors (Lipinski definition) is 5. The average Bonchev–Trinajstić information content (AvgIpc) is 3.17. The maximum absolute atomic E-state index is 13.5. The van der Waals surface area contributed by atoms with Crippen LogP contribution in [-0.2, 0) is 11.2 Å². The zero-order valence-corrected chi connectivity index (χ0v) is 16.9. The van der Waals surface area contributed by atoms with E-state index in [4.69, 9.17) is 0 Å². The number of para-hydroxylation sites is 1. The van der Waals surface area contributed by atoms with Crippen LogP contribution < -0.4 is 10.9 Å². The normalized spacial score (nSPS) is 11.0. The molecule has 2 heterocycles. The number of fused-ring (bicyclic) bond motifs is 1. The van der Waals surface area contributed by atoms with Gasteiger partial charge in [-0.2, -0.15) is 0 Å². The molecule has 7 nitrogen and oxygen atoms in total. The van der Waals surface area contributed by atoms with Gasteiger partial charge < -0.3 is 5.32 Å². The molecule has 0 atom stereocenters. The van der Waals surface area contributed by atoms with Crippen molar-refractivity contribution in [3.8, 4) is 5.69 Å². The van der Waals surface area contributed by atoms with E-state index in [1.54, 1.807) is 12.3 Å². The van der Waals surface area contributed by atoms with Gasteiger partial charge in [0.1, 0.15) is 5.82 Å². The summed E-state index contributed by atoms with van der Waals surface area (Å²) in [5, 5.41) is 11.3. The molecule has 30 heavy (non-hydrogen) atoms. The highest BCUT2D eigenvalue weighted by molar-refractivity contribution is 7.99. The van der Waals surface area contributed by atoms with Crippen molar-refractivity contribution in [3.63, 3.8) is 0 Å². The summed E-state index contributed by atoms with van der Waals surface area (Å²) in [6, 6.07) is 13.4. The van der Waals surface area contributed by atoms with Crippen LogP contribution in [0.5, 0.6) is 0 Å². The number of halogens is 1. The molecule has 1 N–H and O–H groups in total. The second-order valence-electron chi connectivity index (χ2n) is 6.48. The van der Waals surface area contributed by atoms with E-state index >= 15 is 0 Å². The number of aromatic nitrogens is 4. The van der Waals surface area contributed by atoms with Crippen LogP contribution in [0.3, 0.4) is 0 Å². The molecule has 0 aliphatic carbocycles. The number of rotatable bonds is 6. The van der Waals surface area contributed by atoms with Crippen LogP contribution in [0, 0.1) is 5.82 Å². The number of benzene rings is 2. The second kappa shape index (κ2) is 8.50. The SMILES string of the molecule is CCc1ccccc1NC(=O)CSc1nnc2c(=O)n(-c3cccc(F)c3)ccn12. The van der Waals surface area contributed by atoms with Gasteiger partial charge in [-0.05, 0) is 36.2 Å². The molecule has 9 heteroatoms. The Morgan fingerprint density at radius 3 is 2.77 bits per heavy atom. The van der Waals surface area contributed by atoms with Gasteiger partial charge in [0.15, 0.2) is 5.16 Å². The standard InChI is InChI=1S/C21H18FN5O2S/c1-2-14-6-3-4-9-17(14)23-18(28)13-30-21-25-24-19-20(29)26(10-11-27(19)21)16-8-5-7-15(22)12-16/h3-12H,2,13H2,1H3,(H,23,28). The lowest BCUT2D eigenvalue weighted by Crippen LogP contribution is -2.20. The maximum Gasteiger partial charge on any atom is 0.300 e. The monoisotopic (exact) mass is 423 g/mol. The minimum Gasteiger partial charge on any atom is -0.325 e. The molecular weight excluding hydrogens is 405 g/mol. The van der Waals surface area contributed by atoms with E-state index in [2.05, 4.69) is 15.5 Å². The molecule has 0 aliphatic rings. The molecule has 0 unspecified atom stereocenters. The van der Waals surface area contributed by atoms with E-state index < -0.39 is 11.4 Å². The first kappa shape index (κ1) is 19.8. The summed E-state index contributed by atoms with van der Waals surface area (Å²) in [6.07, 6.45) is 3.96. The van der Waals surface area contributed by atoms with Crippen molar-refractivity contribution >= 4 is 29.0 Å². The number of hydrogen-bond donors (Lipinski definition) is 1. The smallest absolute Gasteiger partial charge is 0.300 e. The molecule has 0 bridgehead atoms. The topological polar surface area (TPSA) is 81.3 Å². The zero-order chi connectivity index (χ0) is 21.1. The highest BCUT2D eigenvalue weighted by Gasteiger charge is 2.14. The van der Waals surface area contributed by atoms with Gasteiger partial charge in [-0.25, -0.2) is 4.39 Å². The molecule has 4 rings (SSSR count). The Morgan fingerprint density at radius 2 is 1.97 bits per heavy atom. The molecule has 0 spiro atoms. The number of nitrogens with zero attached hydrogens (tertiary/aromatic N) is 4. The predicted molar refractivity (Wildman–Crippen MR) is 114 cm³/mol. The lowest BCUT2D eigenvalue weighted by molar-refractivity contribution is -0.113. The van der Waals surface area contributed by atoms with E-state index in [0.717, 1.165) is 17.7 Å². The molecule has 0 radical (unpaired) electrons. The van der Waals surface area contributed by atoms with E-state index in [-0.39, 0.29) is 17.3 Å². The number of carbonyl (C=O) groups excluding carboxylic acids is 1. The van der Waals surface area contributed by atoms with Crippen molar-refractivity contribution in [2.75, 3.05) is 11.1 Å². The average molecular weight is 423 g/mol. The first-order valence-electron chi connectivity index (χ1n) is 9.29. The molecule has 2 aromatic heterocycles. The summed E-state index contributed by atoms with van der Waals surface area (Å²) in [7, 11) is 0. The Labute approximate surface area is 175 Å². The lowest BCUT2D eigenvalue weighted by Gasteiger charge is -2.09. The summed E-state index contributed by atoms with van der Waals surface area (Å²) in [5.74, 6) is -0.496. The molecule has 1 amide bonds. The van der Waals surface area contributed by atoms with Crippen LogP contribution in [0.2, 0.25) is 0 Å². The first-order chi connectivity index (χ1) is 14.6. The van der Waals surface area contributed by atoms with Gasteiger partial charge in [0.25, 0.3) is 0 Å². The minimum absolute atomic E-state index is 0.0981. The third kappa shape index (κ3) is 3.97. The summed E-state index contributed by atoms with van der Waals surface area (Å²) < 4.78 is 16.3. The van der Waals surface area contributed by atoms with Gasteiger partial charge in [-0.15, -0.1) is 10.2 Å². The number of aryl methyl sites for hydroxylation is 1. The van der Waals surface area contributed by atoms with Gasteiger partial charge in [0.2, 0.25) is 11.6 Å². The Balaban J connectivity index is 1.52. The third-order valence-electron chi connectivity index (χ3n) is 4.53. The molecular formula is C21H18FN5O2S. The Morgan fingerprint density at radius 1 is 1.13 bits per heavy atom. The fourth-order valence-corrected chi connectivity index (χ4v) is 3.78. The van der Waals surface area contributed by atoms with Crippen LogP contribution in [0.15, 0.2) is 70.9 Å². The van der Waals surface area contributed by atoms with E-state index in [0.29, 0.717) is 10.8 Å². The molecule has 0 aliphatic heterocycles. The van der Waals surface area contributed by atoms with Crippen LogP contribution in [0.1, 0.15) is 12.5 Å². The van der Waals surface area contributed by atoms with Crippen LogP contribution in [0.25, 0.3) is 11.3 Å². The first-order valence-corrected chi connectivity index (χ1v) is 10.3. The summed E-state index contributed by atoms with van der Waals surface area (Å²) >= 11 is 1.18. The predicted octanol–water partition coefficient (Wildman–Crippen LogP) is 3.31. The van der Waals surface area contributed by atoms with Crippen molar-refractivity contribution in [2.24, 2.45) is 0 Å². The summed E-state index contributed by atoms with van der Waals surface area (Å²) in [6.45, 7) is 2.03. The van der Waals surface area contributed by atoms with Crippen molar-refractivity contribution in [1.29, 1.82) is 0 Å². The molecule has 152 valence electrons. The quantitative estimate of drug-likeness (QED) is 0.481. The second-order valence-corrected chi connectivity index (χ2v) is 7.42. The summed E-state index contributed by atoms with van der Waals surface area (Å²) in [5.41, 5.74) is 1.91. The van der Waals surface area contributed by atoms with Crippen LogP contribution in [0.4, 0.5) is 10.1 Å². The Hall–Kier alpha value is -3.46. The van der Waals surface area contributed by atoms with Crippen LogP contribution in [-0.4, -0.2) is 30.8 Å². The number of thioether (sulfide) groups is 1. The van der Waals surface area contributed by atoms with Crippen LogP contribution >= 0.6 is 11.8 Å². The van der Waals surface area contributed by atoms with Crippen molar-refractivity contribution < 1.29 is 9.18 Å². The van der Waals surface area contributed by atoms with Gasteiger partial charge in [-0.1, -0.05) is 43.0 Å². The number of anilines is 1. The molecule has 2 aromatic carbocycles. The highest BCUT2D eigenvalue weighted by atomic mass is 32.2. The Bertz CT molecular complexity index is 1280. The zero-order valence-electron chi connectivity index (χ0n) is 16.1.